The van der Waals surface area contributed by atoms with E-state index in [2.05, 4.69) is 4.98 Å². The predicted molar refractivity (Wildman–Crippen MR) is 75.6 cm³/mol. The summed E-state index contributed by atoms with van der Waals surface area (Å²) in [5.74, 6) is 0. The average Bonchev–Trinajstić information content (AvgIpc) is 3.20. The van der Waals surface area contributed by atoms with Crippen LogP contribution in [0.1, 0.15) is 18.5 Å². The van der Waals surface area contributed by atoms with E-state index >= 15 is 0 Å². The largest absolute Gasteiger partial charge is 0.401 e. The first kappa shape index (κ1) is 14.1. The van der Waals surface area contributed by atoms with Crippen LogP contribution < -0.4 is 5.73 Å². The fourth-order valence-electron chi connectivity index (χ4n) is 2.53. The van der Waals surface area contributed by atoms with E-state index < -0.39 is 12.7 Å². The highest BCUT2D eigenvalue weighted by Gasteiger charge is 2.38. The van der Waals surface area contributed by atoms with Gasteiger partial charge in [0.25, 0.3) is 0 Å². The number of hydrogen-bond acceptors (Lipinski definition) is 3. The maximum atomic E-state index is 12.6. The second kappa shape index (κ2) is 5.18. The van der Waals surface area contributed by atoms with Crippen molar-refractivity contribution in [3.05, 3.63) is 36.0 Å². The molecule has 1 heterocycles. The van der Waals surface area contributed by atoms with E-state index in [-0.39, 0.29) is 12.6 Å². The van der Waals surface area contributed by atoms with Crippen molar-refractivity contribution < 1.29 is 13.2 Å². The molecule has 0 bridgehead atoms. The Hall–Kier alpha value is -1.82. The molecule has 21 heavy (non-hydrogen) atoms. The third-order valence-electron chi connectivity index (χ3n) is 3.61. The van der Waals surface area contributed by atoms with Crippen LogP contribution in [0.3, 0.4) is 0 Å². The van der Waals surface area contributed by atoms with Crippen molar-refractivity contribution in [1.29, 1.82) is 0 Å². The summed E-state index contributed by atoms with van der Waals surface area (Å²) in [4.78, 5) is 5.87. The first-order valence-electron chi connectivity index (χ1n) is 6.87. The van der Waals surface area contributed by atoms with Crippen LogP contribution >= 0.6 is 0 Å². The zero-order valence-corrected chi connectivity index (χ0v) is 11.4. The van der Waals surface area contributed by atoms with Crippen LogP contribution in [0.5, 0.6) is 0 Å². The SMILES string of the molecule is Nc1cc(CN(CC(F)(F)F)C2CC2)nc2ccccc12. The minimum atomic E-state index is -4.19. The Morgan fingerprint density at radius 3 is 2.62 bits per heavy atom. The number of fused-ring (bicyclic) bond motifs is 1. The number of rotatable bonds is 4. The Morgan fingerprint density at radius 1 is 1.24 bits per heavy atom. The van der Waals surface area contributed by atoms with Crippen LogP contribution in [-0.2, 0) is 6.54 Å². The normalized spacial score (nSPS) is 15.8. The van der Waals surface area contributed by atoms with Gasteiger partial charge in [-0.3, -0.25) is 9.88 Å². The Bertz CT molecular complexity index is 650. The van der Waals surface area contributed by atoms with Gasteiger partial charge in [-0.15, -0.1) is 0 Å². The minimum absolute atomic E-state index is 0.0149. The molecule has 0 spiro atoms. The summed E-state index contributed by atoms with van der Waals surface area (Å²) in [6, 6.07) is 9.07. The summed E-state index contributed by atoms with van der Waals surface area (Å²) >= 11 is 0. The second-order valence-corrected chi connectivity index (χ2v) is 5.47. The van der Waals surface area contributed by atoms with E-state index in [0.29, 0.717) is 11.4 Å². The van der Waals surface area contributed by atoms with Crippen LogP contribution in [0.4, 0.5) is 18.9 Å². The number of nitrogens with zero attached hydrogens (tertiary/aromatic N) is 2. The van der Waals surface area contributed by atoms with E-state index in [1.807, 2.05) is 24.3 Å². The molecule has 3 nitrogen and oxygen atoms in total. The van der Waals surface area contributed by atoms with Crippen molar-refractivity contribution in [2.75, 3.05) is 12.3 Å². The highest BCUT2D eigenvalue weighted by atomic mass is 19.4. The molecule has 1 aromatic heterocycles. The molecule has 1 aliphatic carbocycles. The van der Waals surface area contributed by atoms with Gasteiger partial charge in [0.2, 0.25) is 0 Å². The Kier molecular flexibility index (Phi) is 3.49. The molecule has 1 aromatic carbocycles. The number of nitrogen functional groups attached to an aromatic ring is 1. The number of benzene rings is 1. The highest BCUT2D eigenvalue weighted by molar-refractivity contribution is 5.90. The number of alkyl halides is 3. The van der Waals surface area contributed by atoms with Crippen LogP contribution in [0.25, 0.3) is 10.9 Å². The standard InChI is InChI=1S/C15H16F3N3/c16-15(17,18)9-21(11-5-6-11)8-10-7-13(19)12-3-1-2-4-14(12)20-10/h1-4,7,11H,5-6,8-9H2,(H2,19,20). The van der Waals surface area contributed by atoms with Gasteiger partial charge in [0.05, 0.1) is 17.8 Å². The monoisotopic (exact) mass is 295 g/mol. The molecular weight excluding hydrogens is 279 g/mol. The third kappa shape index (κ3) is 3.44. The number of para-hydroxylation sites is 1. The summed E-state index contributed by atoms with van der Waals surface area (Å²) in [6.07, 6.45) is -2.55. The van der Waals surface area contributed by atoms with Gasteiger partial charge in [0.15, 0.2) is 0 Å². The van der Waals surface area contributed by atoms with Crippen LogP contribution in [-0.4, -0.2) is 28.6 Å². The molecule has 1 fully saturated rings. The molecular formula is C15H16F3N3. The number of halogens is 3. The van der Waals surface area contributed by atoms with Crippen LogP contribution in [0.15, 0.2) is 30.3 Å². The van der Waals surface area contributed by atoms with Gasteiger partial charge >= 0.3 is 6.18 Å². The molecule has 0 radical (unpaired) electrons. The van der Waals surface area contributed by atoms with Crippen LogP contribution in [0, 0.1) is 0 Å². The fraction of sp³-hybridized carbons (Fsp3) is 0.400. The first-order chi connectivity index (χ1) is 9.92. The van der Waals surface area contributed by atoms with Gasteiger partial charge in [-0.2, -0.15) is 13.2 Å². The number of aromatic nitrogens is 1. The lowest BCUT2D eigenvalue weighted by atomic mass is 10.1. The summed E-state index contributed by atoms with van der Waals surface area (Å²) in [5.41, 5.74) is 7.83. The molecule has 0 aliphatic heterocycles. The molecule has 0 unspecified atom stereocenters. The number of nitrogens with two attached hydrogens (primary N) is 1. The summed E-state index contributed by atoms with van der Waals surface area (Å²) in [6.45, 7) is -0.717. The Labute approximate surface area is 120 Å². The maximum Gasteiger partial charge on any atom is 0.401 e. The van der Waals surface area contributed by atoms with Crippen molar-refractivity contribution in [3.63, 3.8) is 0 Å². The van der Waals surface area contributed by atoms with E-state index in [1.54, 1.807) is 6.07 Å². The highest BCUT2D eigenvalue weighted by Crippen LogP contribution is 2.32. The Balaban J connectivity index is 1.85. The molecule has 1 aliphatic rings. The van der Waals surface area contributed by atoms with E-state index in [4.69, 9.17) is 5.73 Å². The average molecular weight is 295 g/mol. The molecule has 2 aromatic rings. The summed E-state index contributed by atoms with van der Waals surface area (Å²) < 4.78 is 37.9. The van der Waals surface area contributed by atoms with Gasteiger partial charge in [0.1, 0.15) is 0 Å². The number of hydrogen-bond donors (Lipinski definition) is 1. The lowest BCUT2D eigenvalue weighted by Gasteiger charge is -2.23. The number of anilines is 1. The molecule has 2 N–H and O–H groups in total. The van der Waals surface area contributed by atoms with Gasteiger partial charge in [-0.1, -0.05) is 18.2 Å². The smallest absolute Gasteiger partial charge is 0.398 e. The summed E-state index contributed by atoms with van der Waals surface area (Å²) in [5, 5.41) is 0.829. The van der Waals surface area contributed by atoms with Crippen LogP contribution in [0.2, 0.25) is 0 Å². The molecule has 0 atom stereocenters. The predicted octanol–water partition coefficient (Wildman–Crippen LogP) is 3.34. The van der Waals surface area contributed by atoms with Crippen molar-refractivity contribution in [2.45, 2.75) is 31.6 Å². The van der Waals surface area contributed by atoms with Gasteiger partial charge < -0.3 is 5.73 Å². The quantitative estimate of drug-likeness (QED) is 0.940. The lowest BCUT2D eigenvalue weighted by Crippen LogP contribution is -2.35. The lowest BCUT2D eigenvalue weighted by molar-refractivity contribution is -0.148. The fourth-order valence-corrected chi connectivity index (χ4v) is 2.53. The molecule has 0 amide bonds. The third-order valence-corrected chi connectivity index (χ3v) is 3.61. The number of pyridine rings is 1. The van der Waals surface area contributed by atoms with Crippen molar-refractivity contribution in [3.8, 4) is 0 Å². The maximum absolute atomic E-state index is 12.6. The minimum Gasteiger partial charge on any atom is -0.398 e. The van der Waals surface area contributed by atoms with Crippen molar-refractivity contribution in [1.82, 2.24) is 9.88 Å². The Morgan fingerprint density at radius 2 is 1.95 bits per heavy atom. The topological polar surface area (TPSA) is 42.1 Å². The molecule has 0 saturated heterocycles. The van der Waals surface area contributed by atoms with Crippen molar-refractivity contribution in [2.24, 2.45) is 0 Å². The van der Waals surface area contributed by atoms with Gasteiger partial charge in [-0.05, 0) is 25.0 Å². The zero-order chi connectivity index (χ0) is 15.0. The molecule has 1 saturated carbocycles. The first-order valence-corrected chi connectivity index (χ1v) is 6.87. The molecule has 6 heteroatoms. The molecule has 112 valence electrons. The van der Waals surface area contributed by atoms with E-state index in [9.17, 15) is 13.2 Å². The zero-order valence-electron chi connectivity index (χ0n) is 11.4. The second-order valence-electron chi connectivity index (χ2n) is 5.47. The van der Waals surface area contributed by atoms with Crippen molar-refractivity contribution >= 4 is 16.6 Å². The van der Waals surface area contributed by atoms with E-state index in [1.165, 1.54) is 4.90 Å². The summed E-state index contributed by atoms with van der Waals surface area (Å²) in [7, 11) is 0. The molecule has 3 rings (SSSR count). The van der Waals surface area contributed by atoms with E-state index in [0.717, 1.165) is 23.7 Å². The van der Waals surface area contributed by atoms with Gasteiger partial charge in [0, 0.05) is 23.7 Å². The van der Waals surface area contributed by atoms with Gasteiger partial charge in [-0.25, -0.2) is 0 Å².